The molecular weight excluding hydrogens is 186 g/mol. The summed E-state index contributed by atoms with van der Waals surface area (Å²) in [7, 11) is 0. The second-order valence-electron chi connectivity index (χ2n) is 3.81. The van der Waals surface area contributed by atoms with Gasteiger partial charge in [0.05, 0.1) is 0 Å². The Bertz CT molecular complexity index is 410. The number of rotatable bonds is 4. The SMILES string of the molecule is C=Cc1c(C(C)=O)cn(C(C)C)c1C=C. The van der Waals surface area contributed by atoms with Gasteiger partial charge in [-0.25, -0.2) is 0 Å². The zero-order valence-electron chi connectivity index (χ0n) is 9.58. The van der Waals surface area contributed by atoms with Crippen LogP contribution in [0.3, 0.4) is 0 Å². The van der Waals surface area contributed by atoms with Gasteiger partial charge in [0, 0.05) is 29.1 Å². The van der Waals surface area contributed by atoms with Crippen LogP contribution in [0.2, 0.25) is 0 Å². The normalized spacial score (nSPS) is 10.4. The summed E-state index contributed by atoms with van der Waals surface area (Å²) in [5.41, 5.74) is 2.56. The average molecular weight is 203 g/mol. The van der Waals surface area contributed by atoms with E-state index in [1.807, 2.05) is 10.8 Å². The summed E-state index contributed by atoms with van der Waals surface area (Å²) >= 11 is 0. The molecule has 0 aliphatic rings. The summed E-state index contributed by atoms with van der Waals surface area (Å²) in [6.45, 7) is 13.2. The Morgan fingerprint density at radius 2 is 2.00 bits per heavy atom. The van der Waals surface area contributed by atoms with Gasteiger partial charge in [0.25, 0.3) is 0 Å². The van der Waals surface area contributed by atoms with Gasteiger partial charge in [-0.3, -0.25) is 4.79 Å². The molecule has 0 saturated carbocycles. The van der Waals surface area contributed by atoms with Gasteiger partial charge < -0.3 is 4.57 Å². The minimum absolute atomic E-state index is 0.0624. The van der Waals surface area contributed by atoms with E-state index < -0.39 is 0 Å². The number of aromatic nitrogens is 1. The molecule has 0 N–H and O–H groups in total. The van der Waals surface area contributed by atoms with Gasteiger partial charge in [0.1, 0.15) is 0 Å². The topological polar surface area (TPSA) is 22.0 Å². The van der Waals surface area contributed by atoms with Gasteiger partial charge in [0.2, 0.25) is 0 Å². The van der Waals surface area contributed by atoms with Gasteiger partial charge >= 0.3 is 0 Å². The highest BCUT2D eigenvalue weighted by Gasteiger charge is 2.15. The third kappa shape index (κ3) is 1.94. The molecule has 0 unspecified atom stereocenters. The molecule has 0 aliphatic heterocycles. The zero-order valence-corrected chi connectivity index (χ0v) is 9.58. The van der Waals surface area contributed by atoms with E-state index in [2.05, 4.69) is 27.0 Å². The molecule has 0 aromatic carbocycles. The van der Waals surface area contributed by atoms with Crippen molar-refractivity contribution in [3.63, 3.8) is 0 Å². The molecule has 0 spiro atoms. The molecule has 2 nitrogen and oxygen atoms in total. The first-order valence-electron chi connectivity index (χ1n) is 5.03. The summed E-state index contributed by atoms with van der Waals surface area (Å²) in [5, 5.41) is 0. The highest BCUT2D eigenvalue weighted by molar-refractivity contribution is 5.98. The number of Topliss-reactive ketones (excluding diaryl/α,β-unsaturated/α-hetero) is 1. The summed E-state index contributed by atoms with van der Waals surface area (Å²) in [6, 6.07) is 0.310. The lowest BCUT2D eigenvalue weighted by molar-refractivity contribution is 0.101. The van der Waals surface area contributed by atoms with E-state index in [0.717, 1.165) is 11.3 Å². The van der Waals surface area contributed by atoms with Crippen LogP contribution in [0, 0.1) is 0 Å². The molecule has 0 amide bonds. The number of nitrogens with zero attached hydrogens (tertiary/aromatic N) is 1. The molecule has 0 atom stereocenters. The largest absolute Gasteiger partial charge is 0.344 e. The first-order chi connectivity index (χ1) is 7.02. The van der Waals surface area contributed by atoms with E-state index in [-0.39, 0.29) is 5.78 Å². The van der Waals surface area contributed by atoms with E-state index in [4.69, 9.17) is 0 Å². The summed E-state index contributed by atoms with van der Waals surface area (Å²) in [4.78, 5) is 11.4. The predicted octanol–water partition coefficient (Wildman–Crippen LogP) is 3.56. The molecule has 0 radical (unpaired) electrons. The van der Waals surface area contributed by atoms with E-state index in [1.54, 1.807) is 19.1 Å². The minimum Gasteiger partial charge on any atom is -0.344 e. The lowest BCUT2D eigenvalue weighted by Gasteiger charge is -2.10. The van der Waals surface area contributed by atoms with Crippen LogP contribution in [0.25, 0.3) is 12.2 Å². The molecule has 0 aliphatic carbocycles. The van der Waals surface area contributed by atoms with Crippen LogP contribution in [0.1, 0.15) is 48.4 Å². The fourth-order valence-electron chi connectivity index (χ4n) is 1.69. The Hall–Kier alpha value is -1.57. The zero-order chi connectivity index (χ0) is 11.6. The number of carbonyl (C=O) groups excluding carboxylic acids is 1. The summed E-state index contributed by atoms with van der Waals surface area (Å²) in [5.74, 6) is 0.0624. The number of carbonyl (C=O) groups is 1. The van der Waals surface area contributed by atoms with Crippen molar-refractivity contribution in [2.75, 3.05) is 0 Å². The molecule has 80 valence electrons. The molecule has 0 fully saturated rings. The van der Waals surface area contributed by atoms with Gasteiger partial charge in [-0.1, -0.05) is 19.2 Å². The van der Waals surface area contributed by atoms with Crippen LogP contribution in [-0.4, -0.2) is 10.4 Å². The van der Waals surface area contributed by atoms with Crippen molar-refractivity contribution >= 4 is 17.9 Å². The van der Waals surface area contributed by atoms with Crippen LogP contribution in [0.4, 0.5) is 0 Å². The van der Waals surface area contributed by atoms with Crippen molar-refractivity contribution in [3.8, 4) is 0 Å². The summed E-state index contributed by atoms with van der Waals surface area (Å²) < 4.78 is 2.04. The van der Waals surface area contributed by atoms with E-state index in [0.29, 0.717) is 11.6 Å². The Morgan fingerprint density at radius 3 is 2.33 bits per heavy atom. The molecule has 15 heavy (non-hydrogen) atoms. The lowest BCUT2D eigenvalue weighted by atomic mass is 10.1. The summed E-state index contributed by atoms with van der Waals surface area (Å²) in [6.07, 6.45) is 5.36. The van der Waals surface area contributed by atoms with Crippen LogP contribution in [-0.2, 0) is 0 Å². The molecule has 1 heterocycles. The lowest BCUT2D eigenvalue weighted by Crippen LogP contribution is -2.01. The minimum atomic E-state index is 0.0624. The molecule has 1 rings (SSSR count). The van der Waals surface area contributed by atoms with Crippen LogP contribution < -0.4 is 0 Å². The van der Waals surface area contributed by atoms with E-state index >= 15 is 0 Å². The van der Waals surface area contributed by atoms with Crippen molar-refractivity contribution in [1.29, 1.82) is 0 Å². The van der Waals surface area contributed by atoms with Gasteiger partial charge in [0.15, 0.2) is 5.78 Å². The van der Waals surface area contributed by atoms with Gasteiger partial charge in [-0.2, -0.15) is 0 Å². The maximum absolute atomic E-state index is 11.4. The number of hydrogen-bond donors (Lipinski definition) is 0. The quantitative estimate of drug-likeness (QED) is 0.686. The van der Waals surface area contributed by atoms with Crippen molar-refractivity contribution < 1.29 is 4.79 Å². The Kier molecular flexibility index (Phi) is 3.30. The molecule has 1 aromatic heterocycles. The number of ketones is 1. The fourth-order valence-corrected chi connectivity index (χ4v) is 1.69. The smallest absolute Gasteiger partial charge is 0.161 e. The highest BCUT2D eigenvalue weighted by atomic mass is 16.1. The molecule has 1 aromatic rings. The first-order valence-corrected chi connectivity index (χ1v) is 5.03. The second kappa shape index (κ2) is 4.30. The first kappa shape index (κ1) is 11.5. The maximum atomic E-state index is 11.4. The molecule has 2 heteroatoms. The van der Waals surface area contributed by atoms with Crippen molar-refractivity contribution in [2.24, 2.45) is 0 Å². The van der Waals surface area contributed by atoms with E-state index in [1.165, 1.54) is 0 Å². The van der Waals surface area contributed by atoms with Crippen molar-refractivity contribution in [3.05, 3.63) is 36.2 Å². The molecular formula is C13H17NO. The second-order valence-corrected chi connectivity index (χ2v) is 3.81. The van der Waals surface area contributed by atoms with E-state index in [9.17, 15) is 4.79 Å². The van der Waals surface area contributed by atoms with Crippen LogP contribution in [0.5, 0.6) is 0 Å². The Morgan fingerprint density at radius 1 is 1.40 bits per heavy atom. The number of hydrogen-bond acceptors (Lipinski definition) is 1. The standard InChI is InChI=1S/C13H17NO/c1-6-11-12(10(5)15)8-14(9(3)4)13(11)7-2/h6-9H,1-2H2,3-5H3. The predicted molar refractivity (Wildman–Crippen MR) is 65.0 cm³/mol. The highest BCUT2D eigenvalue weighted by Crippen LogP contribution is 2.24. The van der Waals surface area contributed by atoms with Gasteiger partial charge in [-0.15, -0.1) is 0 Å². The third-order valence-corrected chi connectivity index (χ3v) is 2.45. The Balaban J connectivity index is 3.50. The molecule has 0 bridgehead atoms. The average Bonchev–Trinajstić information content (AvgIpc) is 2.55. The fraction of sp³-hybridized carbons (Fsp3) is 0.308. The molecule has 0 saturated heterocycles. The van der Waals surface area contributed by atoms with Crippen LogP contribution >= 0.6 is 0 Å². The van der Waals surface area contributed by atoms with Crippen molar-refractivity contribution in [1.82, 2.24) is 4.57 Å². The Labute approximate surface area is 90.9 Å². The van der Waals surface area contributed by atoms with Crippen LogP contribution in [0.15, 0.2) is 19.4 Å². The van der Waals surface area contributed by atoms with Crippen molar-refractivity contribution in [2.45, 2.75) is 26.8 Å². The van der Waals surface area contributed by atoms with Gasteiger partial charge in [-0.05, 0) is 26.8 Å². The monoisotopic (exact) mass is 203 g/mol. The third-order valence-electron chi connectivity index (χ3n) is 2.45. The maximum Gasteiger partial charge on any atom is 0.161 e.